The van der Waals surface area contributed by atoms with Gasteiger partial charge in [0.1, 0.15) is 13.2 Å². The smallest absolute Gasteiger partial charge is 0.168 e. The van der Waals surface area contributed by atoms with Crippen LogP contribution in [0.15, 0.2) is 24.8 Å². The van der Waals surface area contributed by atoms with Crippen molar-refractivity contribution < 1.29 is 9.47 Å². The van der Waals surface area contributed by atoms with Crippen molar-refractivity contribution in [2.24, 2.45) is 0 Å². The predicted octanol–water partition coefficient (Wildman–Crippen LogP) is 2.49. The van der Waals surface area contributed by atoms with Crippen molar-refractivity contribution in [2.75, 3.05) is 13.2 Å². The highest BCUT2D eigenvalue weighted by molar-refractivity contribution is 5.70. The molecule has 0 atom stereocenters. The molecule has 0 radical (unpaired) electrons. The second-order valence-electron chi connectivity index (χ2n) is 3.11. The fourth-order valence-corrected chi connectivity index (χ4v) is 1.41. The maximum absolute atomic E-state index is 5.53. The maximum atomic E-state index is 5.53. The molecule has 1 heterocycles. The van der Waals surface area contributed by atoms with Crippen LogP contribution in [-0.2, 0) is 0 Å². The third-order valence-corrected chi connectivity index (χ3v) is 2.03. The van der Waals surface area contributed by atoms with Crippen LogP contribution in [0.1, 0.15) is 12.5 Å². The summed E-state index contributed by atoms with van der Waals surface area (Å²) in [6.45, 7) is 7.12. The van der Waals surface area contributed by atoms with E-state index in [4.69, 9.17) is 9.47 Å². The zero-order valence-corrected chi connectivity index (χ0v) is 7.67. The normalized spacial score (nSPS) is 13.9. The maximum Gasteiger partial charge on any atom is 0.168 e. The van der Waals surface area contributed by atoms with Gasteiger partial charge in [0.05, 0.1) is 0 Å². The molecule has 1 aliphatic rings. The Labute approximate surface area is 77.8 Å². The third kappa shape index (κ3) is 1.39. The fourth-order valence-electron chi connectivity index (χ4n) is 1.41. The van der Waals surface area contributed by atoms with Crippen molar-refractivity contribution in [3.63, 3.8) is 0 Å². The van der Waals surface area contributed by atoms with Crippen molar-refractivity contribution in [1.29, 1.82) is 0 Å². The van der Waals surface area contributed by atoms with Crippen LogP contribution in [0.5, 0.6) is 11.5 Å². The van der Waals surface area contributed by atoms with Gasteiger partial charge in [-0.25, -0.2) is 0 Å². The van der Waals surface area contributed by atoms with Crippen molar-refractivity contribution in [3.05, 3.63) is 30.3 Å². The van der Waals surface area contributed by atoms with Gasteiger partial charge in [0.25, 0.3) is 0 Å². The van der Waals surface area contributed by atoms with E-state index in [0.717, 1.165) is 22.6 Å². The summed E-state index contributed by atoms with van der Waals surface area (Å²) in [6.07, 6.45) is 0. The van der Waals surface area contributed by atoms with Gasteiger partial charge in [-0.2, -0.15) is 0 Å². The van der Waals surface area contributed by atoms with Gasteiger partial charge in [-0.3, -0.25) is 0 Å². The summed E-state index contributed by atoms with van der Waals surface area (Å²) in [5.74, 6) is 1.66. The van der Waals surface area contributed by atoms with Crippen LogP contribution >= 0.6 is 0 Å². The number of rotatable bonds is 1. The first-order valence-electron chi connectivity index (χ1n) is 4.33. The van der Waals surface area contributed by atoms with Gasteiger partial charge in [-0.1, -0.05) is 18.7 Å². The monoisotopic (exact) mass is 176 g/mol. The van der Waals surface area contributed by atoms with Crippen LogP contribution in [-0.4, -0.2) is 13.2 Å². The van der Waals surface area contributed by atoms with E-state index in [0.29, 0.717) is 13.2 Å². The molecule has 0 bridgehead atoms. The molecule has 0 saturated carbocycles. The molecular weight excluding hydrogens is 164 g/mol. The van der Waals surface area contributed by atoms with E-state index >= 15 is 0 Å². The fraction of sp³-hybridized carbons (Fsp3) is 0.273. The Hall–Kier alpha value is -1.44. The van der Waals surface area contributed by atoms with E-state index in [2.05, 4.69) is 6.58 Å². The average Bonchev–Trinajstić information content (AvgIpc) is 2.17. The van der Waals surface area contributed by atoms with Crippen LogP contribution in [0, 0.1) is 0 Å². The predicted molar refractivity (Wildman–Crippen MR) is 52.1 cm³/mol. The summed E-state index contributed by atoms with van der Waals surface area (Å²) in [6, 6.07) is 5.87. The van der Waals surface area contributed by atoms with E-state index in [1.165, 1.54) is 0 Å². The van der Waals surface area contributed by atoms with Crippen molar-refractivity contribution in [3.8, 4) is 11.5 Å². The molecule has 0 saturated heterocycles. The topological polar surface area (TPSA) is 18.5 Å². The number of ether oxygens (including phenoxy) is 2. The second-order valence-corrected chi connectivity index (χ2v) is 3.11. The molecule has 13 heavy (non-hydrogen) atoms. The summed E-state index contributed by atoms with van der Waals surface area (Å²) < 4.78 is 11.0. The molecule has 0 N–H and O–H groups in total. The summed E-state index contributed by atoms with van der Waals surface area (Å²) in [5.41, 5.74) is 2.04. The lowest BCUT2D eigenvalue weighted by Gasteiger charge is -2.20. The minimum atomic E-state index is 0.622. The minimum Gasteiger partial charge on any atom is -0.486 e. The molecule has 2 rings (SSSR count). The van der Waals surface area contributed by atoms with E-state index in [9.17, 15) is 0 Å². The number of fused-ring (bicyclic) bond motifs is 1. The van der Waals surface area contributed by atoms with Gasteiger partial charge >= 0.3 is 0 Å². The lowest BCUT2D eigenvalue weighted by molar-refractivity contribution is 0.171. The van der Waals surface area contributed by atoms with Crippen LogP contribution in [0.3, 0.4) is 0 Å². The number of benzene rings is 1. The largest absolute Gasteiger partial charge is 0.486 e. The number of allylic oxidation sites excluding steroid dienone is 1. The third-order valence-electron chi connectivity index (χ3n) is 2.03. The summed E-state index contributed by atoms with van der Waals surface area (Å²) in [4.78, 5) is 0. The van der Waals surface area contributed by atoms with Crippen molar-refractivity contribution in [1.82, 2.24) is 0 Å². The van der Waals surface area contributed by atoms with E-state index in [-0.39, 0.29) is 0 Å². The molecule has 2 heteroatoms. The quantitative estimate of drug-likeness (QED) is 0.654. The Morgan fingerprint density at radius 2 is 2.08 bits per heavy atom. The molecule has 1 aromatic carbocycles. The summed E-state index contributed by atoms with van der Waals surface area (Å²) in [5, 5.41) is 0. The molecule has 0 spiro atoms. The molecule has 0 unspecified atom stereocenters. The molecule has 1 aromatic rings. The zero-order chi connectivity index (χ0) is 9.26. The molecule has 1 aliphatic heterocycles. The van der Waals surface area contributed by atoms with Gasteiger partial charge in [0.2, 0.25) is 0 Å². The molecular formula is C11H12O2. The highest BCUT2D eigenvalue weighted by Gasteiger charge is 2.15. The molecule has 0 aliphatic carbocycles. The van der Waals surface area contributed by atoms with Gasteiger partial charge in [-0.15, -0.1) is 0 Å². The second kappa shape index (κ2) is 3.13. The van der Waals surface area contributed by atoms with Crippen molar-refractivity contribution in [2.45, 2.75) is 6.92 Å². The first-order valence-corrected chi connectivity index (χ1v) is 4.33. The highest BCUT2D eigenvalue weighted by Crippen LogP contribution is 2.36. The van der Waals surface area contributed by atoms with Crippen LogP contribution in [0.25, 0.3) is 5.57 Å². The standard InChI is InChI=1S/C11H12O2/c1-8(2)9-4-3-5-10-11(9)13-7-6-12-10/h3-5H,1,6-7H2,2H3. The Kier molecular flexibility index (Phi) is 1.97. The lowest BCUT2D eigenvalue weighted by Crippen LogP contribution is -2.16. The number of para-hydroxylation sites is 1. The molecule has 2 nitrogen and oxygen atoms in total. The van der Waals surface area contributed by atoms with Crippen LogP contribution in [0.2, 0.25) is 0 Å². The van der Waals surface area contributed by atoms with Gasteiger partial charge < -0.3 is 9.47 Å². The number of hydrogen-bond acceptors (Lipinski definition) is 2. The van der Waals surface area contributed by atoms with Gasteiger partial charge in [0, 0.05) is 5.56 Å². The van der Waals surface area contributed by atoms with Gasteiger partial charge in [-0.05, 0) is 18.6 Å². The average molecular weight is 176 g/mol. The van der Waals surface area contributed by atoms with E-state index < -0.39 is 0 Å². The van der Waals surface area contributed by atoms with Crippen LogP contribution < -0.4 is 9.47 Å². The first kappa shape index (κ1) is 8.17. The number of hydrogen-bond donors (Lipinski definition) is 0. The Morgan fingerprint density at radius 3 is 2.85 bits per heavy atom. The van der Waals surface area contributed by atoms with Crippen LogP contribution in [0.4, 0.5) is 0 Å². The lowest BCUT2D eigenvalue weighted by atomic mass is 10.1. The molecule has 0 amide bonds. The van der Waals surface area contributed by atoms with E-state index in [1.807, 2.05) is 25.1 Å². The molecule has 0 fully saturated rings. The minimum absolute atomic E-state index is 0.622. The van der Waals surface area contributed by atoms with E-state index in [1.54, 1.807) is 0 Å². The summed E-state index contributed by atoms with van der Waals surface area (Å²) in [7, 11) is 0. The zero-order valence-electron chi connectivity index (χ0n) is 7.67. The highest BCUT2D eigenvalue weighted by atomic mass is 16.6. The Balaban J connectivity index is 2.52. The SMILES string of the molecule is C=C(C)c1cccc2c1OCCO2. The molecule has 0 aromatic heterocycles. The Bertz CT molecular complexity index is 342. The molecule has 68 valence electrons. The first-order chi connectivity index (χ1) is 6.29. The van der Waals surface area contributed by atoms with Crippen molar-refractivity contribution >= 4 is 5.57 Å². The summed E-state index contributed by atoms with van der Waals surface area (Å²) >= 11 is 0. The van der Waals surface area contributed by atoms with Gasteiger partial charge in [0.15, 0.2) is 11.5 Å². The Morgan fingerprint density at radius 1 is 1.31 bits per heavy atom.